The number of hydrogen-bond donors (Lipinski definition) is 1. The predicted molar refractivity (Wildman–Crippen MR) is 114 cm³/mol. The van der Waals surface area contributed by atoms with Crippen molar-refractivity contribution >= 4 is 5.91 Å². The van der Waals surface area contributed by atoms with Gasteiger partial charge in [0.2, 0.25) is 5.91 Å². The second-order valence-electron chi connectivity index (χ2n) is 9.81. The highest BCUT2D eigenvalue weighted by atomic mass is 16.1. The summed E-state index contributed by atoms with van der Waals surface area (Å²) in [6.07, 6.45) is 8.85. The van der Waals surface area contributed by atoms with Crippen molar-refractivity contribution in [3.8, 4) is 11.1 Å². The first-order valence-electron chi connectivity index (χ1n) is 11.0. The molecule has 4 bridgehead atoms. The molecule has 28 heavy (non-hydrogen) atoms. The highest BCUT2D eigenvalue weighted by Crippen LogP contribution is 2.61. The van der Waals surface area contributed by atoms with Gasteiger partial charge in [-0.2, -0.15) is 0 Å². The first-order valence-corrected chi connectivity index (χ1v) is 11.0. The van der Waals surface area contributed by atoms with Crippen LogP contribution in [0.15, 0.2) is 54.6 Å². The van der Waals surface area contributed by atoms with Crippen molar-refractivity contribution in [1.82, 2.24) is 5.32 Å². The van der Waals surface area contributed by atoms with Crippen LogP contribution < -0.4 is 5.32 Å². The zero-order valence-electron chi connectivity index (χ0n) is 16.9. The summed E-state index contributed by atoms with van der Waals surface area (Å²) < 4.78 is 0. The summed E-state index contributed by atoms with van der Waals surface area (Å²) in [6.45, 7) is 2.27. The Hall–Kier alpha value is -2.09. The Morgan fingerprint density at radius 3 is 2.00 bits per heavy atom. The van der Waals surface area contributed by atoms with Crippen LogP contribution in [0, 0.1) is 23.2 Å². The minimum absolute atomic E-state index is 0.177. The van der Waals surface area contributed by atoms with Crippen LogP contribution in [0.2, 0.25) is 0 Å². The Morgan fingerprint density at radius 2 is 1.43 bits per heavy atom. The van der Waals surface area contributed by atoms with Crippen molar-refractivity contribution < 1.29 is 4.79 Å². The normalized spacial score (nSPS) is 31.5. The molecule has 4 aliphatic carbocycles. The van der Waals surface area contributed by atoms with Gasteiger partial charge in [0.15, 0.2) is 0 Å². The molecular weight excluding hydrogens is 342 g/mol. The lowest BCUT2D eigenvalue weighted by atomic mass is 9.48. The molecule has 0 saturated heterocycles. The molecule has 0 heterocycles. The summed E-state index contributed by atoms with van der Waals surface area (Å²) in [5.41, 5.74) is 3.89. The quantitative estimate of drug-likeness (QED) is 0.724. The number of nitrogens with one attached hydrogen (secondary N) is 1. The molecule has 2 aromatic carbocycles. The van der Waals surface area contributed by atoms with Crippen molar-refractivity contribution in [3.05, 3.63) is 60.2 Å². The molecule has 1 atom stereocenters. The van der Waals surface area contributed by atoms with E-state index in [2.05, 4.69) is 60.8 Å². The van der Waals surface area contributed by atoms with Gasteiger partial charge >= 0.3 is 0 Å². The van der Waals surface area contributed by atoms with Gasteiger partial charge < -0.3 is 5.32 Å². The van der Waals surface area contributed by atoms with E-state index in [1.54, 1.807) is 0 Å². The highest BCUT2D eigenvalue weighted by molar-refractivity contribution is 5.79. The minimum atomic E-state index is 0.177. The summed E-state index contributed by atoms with van der Waals surface area (Å²) in [4.78, 5) is 12.8. The first kappa shape index (κ1) is 18.0. The fourth-order valence-corrected chi connectivity index (χ4v) is 6.78. The highest BCUT2D eigenvalue weighted by Gasteiger charge is 2.53. The van der Waals surface area contributed by atoms with Gasteiger partial charge in [-0.15, -0.1) is 0 Å². The lowest BCUT2D eigenvalue weighted by molar-refractivity contribution is -0.125. The Balaban J connectivity index is 1.22. The number of amides is 1. The van der Waals surface area contributed by atoms with Gasteiger partial charge in [0.05, 0.1) is 6.42 Å². The Labute approximate surface area is 168 Å². The van der Waals surface area contributed by atoms with Gasteiger partial charge in [-0.3, -0.25) is 4.79 Å². The van der Waals surface area contributed by atoms with Gasteiger partial charge in [0.1, 0.15) is 0 Å². The summed E-state index contributed by atoms with van der Waals surface area (Å²) in [7, 11) is 0. The molecule has 2 heteroatoms. The molecule has 0 unspecified atom stereocenters. The van der Waals surface area contributed by atoms with E-state index in [0.29, 0.717) is 17.9 Å². The second-order valence-corrected chi connectivity index (χ2v) is 9.81. The summed E-state index contributed by atoms with van der Waals surface area (Å²) in [6, 6.07) is 19.1. The third kappa shape index (κ3) is 3.38. The maximum absolute atomic E-state index is 12.8. The van der Waals surface area contributed by atoms with Gasteiger partial charge in [-0.25, -0.2) is 0 Å². The van der Waals surface area contributed by atoms with E-state index < -0.39 is 0 Å². The molecule has 6 rings (SSSR count). The van der Waals surface area contributed by atoms with Gasteiger partial charge in [-0.05, 0) is 85.3 Å². The van der Waals surface area contributed by atoms with Crippen LogP contribution in [0.4, 0.5) is 0 Å². The molecule has 2 aromatic rings. The Kier molecular flexibility index (Phi) is 4.53. The van der Waals surface area contributed by atoms with E-state index in [1.165, 1.54) is 49.7 Å². The lowest BCUT2D eigenvalue weighted by Crippen LogP contribution is -2.56. The molecule has 0 aromatic heterocycles. The van der Waals surface area contributed by atoms with Gasteiger partial charge in [-0.1, -0.05) is 54.6 Å². The number of carbonyl (C=O) groups excluding carboxylic acids is 1. The zero-order valence-corrected chi connectivity index (χ0v) is 16.9. The van der Waals surface area contributed by atoms with Crippen molar-refractivity contribution in [2.45, 2.75) is 57.9 Å². The Bertz CT molecular complexity index is 803. The van der Waals surface area contributed by atoms with Crippen LogP contribution in [0.25, 0.3) is 11.1 Å². The third-order valence-corrected chi connectivity index (χ3v) is 7.81. The molecule has 0 aliphatic heterocycles. The molecule has 1 amide bonds. The average molecular weight is 374 g/mol. The van der Waals surface area contributed by atoms with E-state index in [9.17, 15) is 4.79 Å². The summed E-state index contributed by atoms with van der Waals surface area (Å²) in [5.74, 6) is 2.96. The van der Waals surface area contributed by atoms with Gasteiger partial charge in [0.25, 0.3) is 0 Å². The number of hydrogen-bond acceptors (Lipinski definition) is 1. The van der Waals surface area contributed by atoms with E-state index in [0.717, 1.165) is 23.3 Å². The molecule has 0 spiro atoms. The fourth-order valence-electron chi connectivity index (χ4n) is 6.78. The van der Waals surface area contributed by atoms with Crippen LogP contribution in [-0.4, -0.2) is 11.9 Å². The van der Waals surface area contributed by atoms with Crippen LogP contribution in [0.3, 0.4) is 0 Å². The van der Waals surface area contributed by atoms with Crippen molar-refractivity contribution in [2.75, 3.05) is 0 Å². The SMILES string of the molecule is C[C@H](NC(=O)Cc1ccc(-c2ccccc2)cc1)C12CC3CC(CC(C3)C1)C2. The average Bonchev–Trinajstić information content (AvgIpc) is 2.68. The molecule has 2 nitrogen and oxygen atoms in total. The Morgan fingerprint density at radius 1 is 0.893 bits per heavy atom. The maximum atomic E-state index is 12.8. The number of benzene rings is 2. The van der Waals surface area contributed by atoms with Crippen LogP contribution in [0.1, 0.15) is 51.0 Å². The fraction of sp³-hybridized carbons (Fsp3) is 0.500. The molecule has 1 N–H and O–H groups in total. The number of carbonyl (C=O) groups is 1. The van der Waals surface area contributed by atoms with E-state index >= 15 is 0 Å². The molecule has 4 saturated carbocycles. The topological polar surface area (TPSA) is 29.1 Å². The van der Waals surface area contributed by atoms with Crippen molar-refractivity contribution in [2.24, 2.45) is 23.2 Å². The molecular formula is C26H31NO. The zero-order chi connectivity index (χ0) is 19.1. The van der Waals surface area contributed by atoms with E-state index in [-0.39, 0.29) is 5.91 Å². The first-order chi connectivity index (χ1) is 13.6. The molecule has 146 valence electrons. The monoisotopic (exact) mass is 373 g/mol. The van der Waals surface area contributed by atoms with Crippen molar-refractivity contribution in [1.29, 1.82) is 0 Å². The van der Waals surface area contributed by atoms with Crippen molar-refractivity contribution in [3.63, 3.8) is 0 Å². The standard InChI is InChI=1S/C26H31NO/c1-18(26-15-20-11-21(16-26)13-22(12-20)17-26)27-25(28)14-19-7-9-24(10-8-19)23-5-3-2-4-6-23/h2-10,18,20-22H,11-17H2,1H3,(H,27,28)/t18-,20?,21?,22?,26?/m0/s1. The maximum Gasteiger partial charge on any atom is 0.224 e. The largest absolute Gasteiger partial charge is 0.353 e. The summed E-state index contributed by atoms with van der Waals surface area (Å²) in [5, 5.41) is 3.39. The lowest BCUT2D eigenvalue weighted by Gasteiger charge is -2.59. The number of rotatable bonds is 5. The third-order valence-electron chi connectivity index (χ3n) is 7.81. The molecule has 0 radical (unpaired) electrons. The van der Waals surface area contributed by atoms with Crippen LogP contribution >= 0.6 is 0 Å². The van der Waals surface area contributed by atoms with Crippen LogP contribution in [-0.2, 0) is 11.2 Å². The van der Waals surface area contributed by atoms with E-state index in [4.69, 9.17) is 0 Å². The minimum Gasteiger partial charge on any atom is -0.353 e. The summed E-state index contributed by atoms with van der Waals surface area (Å²) >= 11 is 0. The van der Waals surface area contributed by atoms with Crippen LogP contribution in [0.5, 0.6) is 0 Å². The predicted octanol–water partition coefficient (Wildman–Crippen LogP) is 5.62. The molecule has 4 aliphatic rings. The smallest absolute Gasteiger partial charge is 0.224 e. The second kappa shape index (κ2) is 7.06. The van der Waals surface area contributed by atoms with E-state index in [1.807, 2.05) is 6.07 Å². The van der Waals surface area contributed by atoms with Gasteiger partial charge in [0, 0.05) is 6.04 Å². The molecule has 4 fully saturated rings.